The molecule has 0 saturated heterocycles. The number of ether oxygens (including phenoxy) is 1. The largest absolute Gasteiger partial charge is 0.488 e. The summed E-state index contributed by atoms with van der Waals surface area (Å²) in [6, 6.07) is 14.7. The number of likely N-dealkylation sites (N-methyl/N-ethyl adjacent to an activating group) is 1. The van der Waals surface area contributed by atoms with Crippen LogP contribution in [-0.2, 0) is 19.6 Å². The van der Waals surface area contributed by atoms with Crippen LogP contribution in [0.25, 0.3) is 10.9 Å². The van der Waals surface area contributed by atoms with Crippen molar-refractivity contribution in [1.82, 2.24) is 9.47 Å². The molecule has 3 heteroatoms. The van der Waals surface area contributed by atoms with Gasteiger partial charge in [0.2, 0.25) is 0 Å². The van der Waals surface area contributed by atoms with Crippen LogP contribution in [0.1, 0.15) is 30.5 Å². The summed E-state index contributed by atoms with van der Waals surface area (Å²) in [5.41, 5.74) is 5.21. The lowest BCUT2D eigenvalue weighted by molar-refractivity contribution is 0.310. The van der Waals surface area contributed by atoms with E-state index in [1.807, 2.05) is 6.07 Å². The predicted octanol–water partition coefficient (Wildman–Crippen LogP) is 5.29. The van der Waals surface area contributed by atoms with Crippen LogP contribution in [0, 0.1) is 12.8 Å². The number of aryl methyl sites for hydroxylation is 1. The highest BCUT2D eigenvalue weighted by Gasteiger charge is 2.16. The third kappa shape index (κ3) is 4.72. The van der Waals surface area contributed by atoms with E-state index in [0.29, 0.717) is 12.5 Å². The topological polar surface area (TPSA) is 17.4 Å². The molecule has 0 atom stereocenters. The molecule has 0 amide bonds. The van der Waals surface area contributed by atoms with Crippen LogP contribution in [0.4, 0.5) is 0 Å². The van der Waals surface area contributed by atoms with Gasteiger partial charge in [-0.25, -0.2) is 0 Å². The zero-order chi connectivity index (χ0) is 19.4. The average molecular weight is 365 g/mol. The van der Waals surface area contributed by atoms with E-state index in [0.717, 1.165) is 25.3 Å². The third-order valence-corrected chi connectivity index (χ3v) is 4.89. The van der Waals surface area contributed by atoms with Crippen molar-refractivity contribution in [3.05, 3.63) is 65.4 Å². The number of nitrogens with zero attached hydrogens (tertiary/aromatic N) is 2. The van der Waals surface area contributed by atoms with E-state index in [1.165, 1.54) is 27.6 Å². The lowest BCUT2D eigenvalue weighted by Crippen LogP contribution is -2.15. The first-order valence-corrected chi connectivity index (χ1v) is 9.88. The summed E-state index contributed by atoms with van der Waals surface area (Å²) in [6.07, 6.45) is 3.37. The molecule has 2 aromatic carbocycles. The summed E-state index contributed by atoms with van der Waals surface area (Å²) in [5, 5.41) is 1.29. The van der Waals surface area contributed by atoms with Gasteiger partial charge < -0.3 is 14.2 Å². The van der Waals surface area contributed by atoms with Crippen molar-refractivity contribution < 1.29 is 4.74 Å². The number of benzene rings is 2. The minimum absolute atomic E-state index is 0.599. The molecule has 0 radical (unpaired) electrons. The molecule has 0 aliphatic heterocycles. The van der Waals surface area contributed by atoms with Gasteiger partial charge in [0.15, 0.2) is 0 Å². The molecule has 0 aliphatic rings. The summed E-state index contributed by atoms with van der Waals surface area (Å²) in [6.45, 7) is 9.42. The standard InChI is InChI=1S/C24H32N2O/c1-18(2)15-26-16-21(13-14-25(4)5)23-22(12-11-19(3)24(23)26)27-17-20-9-7-6-8-10-20/h6-12,16,18H,13-15,17H2,1-5H3. The first kappa shape index (κ1) is 19.5. The Hall–Kier alpha value is -2.26. The number of hydrogen-bond donors (Lipinski definition) is 0. The van der Waals surface area contributed by atoms with E-state index in [-0.39, 0.29) is 0 Å². The van der Waals surface area contributed by atoms with Crippen molar-refractivity contribution in [2.24, 2.45) is 5.92 Å². The van der Waals surface area contributed by atoms with E-state index in [9.17, 15) is 0 Å². The molecular weight excluding hydrogens is 332 g/mol. The quantitative estimate of drug-likeness (QED) is 0.540. The fourth-order valence-corrected chi connectivity index (χ4v) is 3.60. The van der Waals surface area contributed by atoms with Gasteiger partial charge >= 0.3 is 0 Å². The molecule has 0 bridgehead atoms. The molecular formula is C24H32N2O. The predicted molar refractivity (Wildman–Crippen MR) is 115 cm³/mol. The maximum atomic E-state index is 6.30. The molecule has 0 spiro atoms. The van der Waals surface area contributed by atoms with Crippen molar-refractivity contribution in [3.63, 3.8) is 0 Å². The summed E-state index contributed by atoms with van der Waals surface area (Å²) in [5.74, 6) is 1.60. The van der Waals surface area contributed by atoms with Crippen molar-refractivity contribution in [2.45, 2.75) is 40.3 Å². The van der Waals surface area contributed by atoms with Crippen LogP contribution < -0.4 is 4.74 Å². The average Bonchev–Trinajstić information content (AvgIpc) is 2.99. The van der Waals surface area contributed by atoms with Gasteiger partial charge in [-0.15, -0.1) is 0 Å². The molecule has 0 saturated carbocycles. The van der Waals surface area contributed by atoms with Gasteiger partial charge in [-0.1, -0.05) is 50.2 Å². The molecule has 0 unspecified atom stereocenters. The van der Waals surface area contributed by atoms with E-state index in [2.05, 4.69) is 86.9 Å². The summed E-state index contributed by atoms with van der Waals surface area (Å²) in [4.78, 5) is 2.24. The maximum absolute atomic E-state index is 6.30. The van der Waals surface area contributed by atoms with Crippen LogP contribution in [0.3, 0.4) is 0 Å². The highest BCUT2D eigenvalue weighted by molar-refractivity contribution is 5.92. The Balaban J connectivity index is 2.01. The van der Waals surface area contributed by atoms with E-state index >= 15 is 0 Å². The molecule has 3 rings (SSSR count). The first-order valence-electron chi connectivity index (χ1n) is 9.88. The Labute approximate surface area is 163 Å². The fraction of sp³-hybridized carbons (Fsp3) is 0.417. The normalized spacial score (nSPS) is 11.7. The fourth-order valence-electron chi connectivity index (χ4n) is 3.60. The molecule has 0 fully saturated rings. The van der Waals surface area contributed by atoms with Gasteiger partial charge in [0.1, 0.15) is 12.4 Å². The number of aromatic nitrogens is 1. The summed E-state index contributed by atoms with van der Waals surface area (Å²) >= 11 is 0. The Kier molecular flexibility index (Phi) is 6.22. The Morgan fingerprint density at radius 3 is 2.44 bits per heavy atom. The van der Waals surface area contributed by atoms with Gasteiger partial charge in [-0.05, 0) is 56.1 Å². The first-order chi connectivity index (χ1) is 13.0. The smallest absolute Gasteiger partial charge is 0.129 e. The lowest BCUT2D eigenvalue weighted by atomic mass is 10.1. The van der Waals surface area contributed by atoms with Gasteiger partial charge in [0, 0.05) is 24.7 Å². The van der Waals surface area contributed by atoms with Crippen LogP contribution in [0.5, 0.6) is 5.75 Å². The lowest BCUT2D eigenvalue weighted by Gasteiger charge is -2.13. The van der Waals surface area contributed by atoms with Crippen molar-refractivity contribution >= 4 is 10.9 Å². The molecule has 3 aromatic rings. The van der Waals surface area contributed by atoms with Crippen LogP contribution >= 0.6 is 0 Å². The monoisotopic (exact) mass is 364 g/mol. The van der Waals surface area contributed by atoms with Crippen LogP contribution in [0.2, 0.25) is 0 Å². The molecule has 144 valence electrons. The van der Waals surface area contributed by atoms with Gasteiger partial charge in [0.25, 0.3) is 0 Å². The Morgan fingerprint density at radius 2 is 1.78 bits per heavy atom. The highest BCUT2D eigenvalue weighted by Crippen LogP contribution is 2.34. The molecule has 27 heavy (non-hydrogen) atoms. The number of rotatable bonds is 8. The second kappa shape index (κ2) is 8.62. The Morgan fingerprint density at radius 1 is 1.04 bits per heavy atom. The van der Waals surface area contributed by atoms with E-state index in [1.54, 1.807) is 0 Å². The van der Waals surface area contributed by atoms with Gasteiger partial charge in [-0.2, -0.15) is 0 Å². The number of fused-ring (bicyclic) bond motifs is 1. The van der Waals surface area contributed by atoms with Crippen LogP contribution in [-0.4, -0.2) is 30.1 Å². The SMILES string of the molecule is Cc1ccc(OCc2ccccc2)c2c(CCN(C)C)cn(CC(C)C)c12. The van der Waals surface area contributed by atoms with E-state index in [4.69, 9.17) is 4.74 Å². The van der Waals surface area contributed by atoms with E-state index < -0.39 is 0 Å². The van der Waals surface area contributed by atoms with Gasteiger partial charge in [-0.3, -0.25) is 0 Å². The summed E-state index contributed by atoms with van der Waals surface area (Å²) in [7, 11) is 4.26. The summed E-state index contributed by atoms with van der Waals surface area (Å²) < 4.78 is 8.73. The second-order valence-electron chi connectivity index (χ2n) is 8.13. The molecule has 1 heterocycles. The highest BCUT2D eigenvalue weighted by atomic mass is 16.5. The molecule has 3 nitrogen and oxygen atoms in total. The zero-order valence-electron chi connectivity index (χ0n) is 17.3. The van der Waals surface area contributed by atoms with Crippen LogP contribution in [0.15, 0.2) is 48.7 Å². The third-order valence-electron chi connectivity index (χ3n) is 4.89. The van der Waals surface area contributed by atoms with Crippen molar-refractivity contribution in [1.29, 1.82) is 0 Å². The number of hydrogen-bond acceptors (Lipinski definition) is 2. The molecule has 0 N–H and O–H groups in total. The minimum atomic E-state index is 0.599. The second-order valence-corrected chi connectivity index (χ2v) is 8.13. The van der Waals surface area contributed by atoms with Gasteiger partial charge in [0.05, 0.1) is 5.52 Å². The molecule has 0 aliphatic carbocycles. The zero-order valence-corrected chi connectivity index (χ0v) is 17.3. The van der Waals surface area contributed by atoms with Crippen molar-refractivity contribution in [2.75, 3.05) is 20.6 Å². The minimum Gasteiger partial charge on any atom is -0.488 e. The molecule has 1 aromatic heterocycles. The maximum Gasteiger partial charge on any atom is 0.129 e. The Bertz CT molecular complexity index is 878. The van der Waals surface area contributed by atoms with Crippen molar-refractivity contribution in [3.8, 4) is 5.75 Å².